The van der Waals surface area contributed by atoms with E-state index in [4.69, 9.17) is 4.42 Å². The van der Waals surface area contributed by atoms with Gasteiger partial charge in [0.2, 0.25) is 0 Å². The molecule has 3 heterocycles. The molecular formula is C16H17N5O3. The smallest absolute Gasteiger partial charge is 0.287 e. The summed E-state index contributed by atoms with van der Waals surface area (Å²) in [6.45, 7) is 0.593. The first-order chi connectivity index (χ1) is 11.7. The van der Waals surface area contributed by atoms with Crippen LogP contribution in [0.5, 0.6) is 0 Å². The summed E-state index contributed by atoms with van der Waals surface area (Å²) in [6.07, 6.45) is 6.64. The molecule has 0 spiro atoms. The average Bonchev–Trinajstić information content (AvgIpc) is 3.30. The van der Waals surface area contributed by atoms with Crippen LogP contribution in [0.25, 0.3) is 5.82 Å². The van der Waals surface area contributed by atoms with Gasteiger partial charge in [-0.05, 0) is 24.3 Å². The van der Waals surface area contributed by atoms with Crippen molar-refractivity contribution in [1.82, 2.24) is 25.0 Å². The third-order valence-corrected chi connectivity index (χ3v) is 3.44. The molecule has 0 aliphatic heterocycles. The first kappa shape index (κ1) is 15.6. The van der Waals surface area contributed by atoms with E-state index in [0.29, 0.717) is 24.5 Å². The van der Waals surface area contributed by atoms with Crippen molar-refractivity contribution in [2.24, 2.45) is 7.05 Å². The number of hydrogen-bond donors (Lipinski definition) is 2. The molecule has 0 radical (unpaired) electrons. The molecule has 3 aromatic heterocycles. The number of aromatic nitrogens is 3. The van der Waals surface area contributed by atoms with Crippen LogP contribution in [-0.4, -0.2) is 39.3 Å². The van der Waals surface area contributed by atoms with E-state index in [-0.39, 0.29) is 17.6 Å². The lowest BCUT2D eigenvalue weighted by atomic mass is 10.3. The standard InChI is InChI=1S/C16H17N5O3/c1-20-16(21-8-2-3-9-21)12(11-19-20)14(22)17-6-7-18-15(23)13-5-4-10-24-13/h2-5,8-11H,6-7H2,1H3,(H,17,22)(H,18,23). The zero-order valence-electron chi connectivity index (χ0n) is 13.1. The van der Waals surface area contributed by atoms with Gasteiger partial charge in [-0.25, -0.2) is 0 Å². The number of furan rings is 1. The molecule has 0 aromatic carbocycles. The predicted octanol–water partition coefficient (Wildman–Crippen LogP) is 0.964. The van der Waals surface area contributed by atoms with Crippen LogP contribution in [0.3, 0.4) is 0 Å². The van der Waals surface area contributed by atoms with E-state index in [0.717, 1.165) is 0 Å². The summed E-state index contributed by atoms with van der Waals surface area (Å²) in [5.74, 6) is 0.350. The minimum atomic E-state index is -0.316. The summed E-state index contributed by atoms with van der Waals surface area (Å²) in [5, 5.41) is 9.57. The van der Waals surface area contributed by atoms with E-state index in [2.05, 4.69) is 15.7 Å². The van der Waals surface area contributed by atoms with Gasteiger partial charge in [-0.15, -0.1) is 0 Å². The summed E-state index contributed by atoms with van der Waals surface area (Å²) in [4.78, 5) is 24.0. The summed E-state index contributed by atoms with van der Waals surface area (Å²) in [5.41, 5.74) is 0.464. The van der Waals surface area contributed by atoms with Gasteiger partial charge >= 0.3 is 0 Å². The number of rotatable bonds is 6. The van der Waals surface area contributed by atoms with Crippen LogP contribution in [0.2, 0.25) is 0 Å². The maximum atomic E-state index is 12.3. The van der Waals surface area contributed by atoms with Crippen LogP contribution in [0.15, 0.2) is 53.5 Å². The van der Waals surface area contributed by atoms with Crippen LogP contribution in [0.4, 0.5) is 0 Å². The van der Waals surface area contributed by atoms with Gasteiger partial charge in [-0.2, -0.15) is 5.10 Å². The van der Waals surface area contributed by atoms with Crippen LogP contribution in [0.1, 0.15) is 20.9 Å². The van der Waals surface area contributed by atoms with E-state index < -0.39 is 0 Å². The summed E-state index contributed by atoms with van der Waals surface area (Å²) >= 11 is 0. The van der Waals surface area contributed by atoms with Crippen LogP contribution in [0, 0.1) is 0 Å². The Hall–Kier alpha value is -3.29. The highest BCUT2D eigenvalue weighted by atomic mass is 16.3. The Morgan fingerprint density at radius 3 is 2.50 bits per heavy atom. The van der Waals surface area contributed by atoms with E-state index in [9.17, 15) is 9.59 Å². The molecule has 0 aliphatic carbocycles. The first-order valence-corrected chi connectivity index (χ1v) is 7.42. The number of carbonyl (C=O) groups is 2. The molecule has 0 saturated carbocycles. The minimum absolute atomic E-state index is 0.239. The number of hydrogen-bond acceptors (Lipinski definition) is 4. The molecule has 0 saturated heterocycles. The Morgan fingerprint density at radius 2 is 1.83 bits per heavy atom. The second kappa shape index (κ2) is 6.86. The summed E-state index contributed by atoms with van der Waals surface area (Å²) < 4.78 is 8.44. The second-order valence-corrected chi connectivity index (χ2v) is 5.08. The third kappa shape index (κ3) is 3.22. The van der Waals surface area contributed by atoms with Gasteiger partial charge in [0, 0.05) is 32.5 Å². The number of nitrogens with one attached hydrogen (secondary N) is 2. The maximum absolute atomic E-state index is 12.3. The quantitative estimate of drug-likeness (QED) is 0.660. The molecule has 2 amide bonds. The van der Waals surface area contributed by atoms with E-state index in [1.54, 1.807) is 23.9 Å². The van der Waals surface area contributed by atoms with Gasteiger partial charge in [0.25, 0.3) is 11.8 Å². The van der Waals surface area contributed by atoms with Crippen LogP contribution in [-0.2, 0) is 7.05 Å². The second-order valence-electron chi connectivity index (χ2n) is 5.08. The Labute approximate surface area is 138 Å². The fraction of sp³-hybridized carbons (Fsp3) is 0.188. The molecule has 3 aromatic rings. The molecule has 0 unspecified atom stereocenters. The van der Waals surface area contributed by atoms with Crippen molar-refractivity contribution in [1.29, 1.82) is 0 Å². The summed E-state index contributed by atoms with van der Waals surface area (Å²) in [6, 6.07) is 6.96. The lowest BCUT2D eigenvalue weighted by Crippen LogP contribution is -2.34. The van der Waals surface area contributed by atoms with Crippen LogP contribution < -0.4 is 10.6 Å². The predicted molar refractivity (Wildman–Crippen MR) is 85.9 cm³/mol. The highest BCUT2D eigenvalue weighted by Gasteiger charge is 2.17. The molecule has 0 aliphatic rings. The SMILES string of the molecule is Cn1ncc(C(=O)NCCNC(=O)c2ccco2)c1-n1cccc1. The topological polar surface area (TPSA) is 94.1 Å². The fourth-order valence-corrected chi connectivity index (χ4v) is 2.32. The molecule has 0 atom stereocenters. The Morgan fingerprint density at radius 1 is 1.12 bits per heavy atom. The zero-order valence-corrected chi connectivity index (χ0v) is 13.1. The third-order valence-electron chi connectivity index (χ3n) is 3.44. The average molecular weight is 327 g/mol. The van der Waals surface area contributed by atoms with Gasteiger partial charge in [0.15, 0.2) is 5.76 Å². The zero-order chi connectivity index (χ0) is 16.9. The monoisotopic (exact) mass is 327 g/mol. The molecule has 3 rings (SSSR count). The Bertz CT molecular complexity index is 818. The van der Waals surface area contributed by atoms with Crippen molar-refractivity contribution >= 4 is 11.8 Å². The molecule has 24 heavy (non-hydrogen) atoms. The van der Waals surface area contributed by atoms with Crippen molar-refractivity contribution in [3.8, 4) is 5.82 Å². The highest BCUT2D eigenvalue weighted by Crippen LogP contribution is 2.13. The van der Waals surface area contributed by atoms with Gasteiger partial charge in [-0.3, -0.25) is 14.3 Å². The van der Waals surface area contributed by atoms with Gasteiger partial charge < -0.3 is 19.6 Å². The number of aryl methyl sites for hydroxylation is 1. The number of carbonyl (C=O) groups excluding carboxylic acids is 2. The van der Waals surface area contributed by atoms with E-state index in [1.807, 2.05) is 29.1 Å². The molecule has 8 nitrogen and oxygen atoms in total. The van der Waals surface area contributed by atoms with Gasteiger partial charge in [0.1, 0.15) is 11.4 Å². The fourth-order valence-electron chi connectivity index (χ4n) is 2.32. The normalized spacial score (nSPS) is 10.5. The molecular weight excluding hydrogens is 310 g/mol. The maximum Gasteiger partial charge on any atom is 0.287 e. The van der Waals surface area contributed by atoms with Gasteiger partial charge in [-0.1, -0.05) is 0 Å². The van der Waals surface area contributed by atoms with Crippen molar-refractivity contribution in [3.05, 3.63) is 60.4 Å². The summed E-state index contributed by atoms with van der Waals surface area (Å²) in [7, 11) is 1.77. The Balaban J connectivity index is 1.56. The molecule has 0 fully saturated rings. The molecule has 0 bridgehead atoms. The van der Waals surface area contributed by atoms with Crippen molar-refractivity contribution in [2.45, 2.75) is 0 Å². The molecule has 8 heteroatoms. The lowest BCUT2D eigenvalue weighted by Gasteiger charge is -2.08. The van der Waals surface area contributed by atoms with Gasteiger partial charge in [0.05, 0.1) is 12.5 Å². The highest BCUT2D eigenvalue weighted by molar-refractivity contribution is 5.97. The molecule has 2 N–H and O–H groups in total. The van der Waals surface area contributed by atoms with Crippen molar-refractivity contribution in [2.75, 3.05) is 13.1 Å². The Kier molecular flexibility index (Phi) is 4.46. The number of nitrogens with zero attached hydrogens (tertiary/aromatic N) is 3. The van der Waals surface area contributed by atoms with Crippen molar-refractivity contribution in [3.63, 3.8) is 0 Å². The minimum Gasteiger partial charge on any atom is -0.459 e. The van der Waals surface area contributed by atoms with Crippen molar-refractivity contribution < 1.29 is 14.0 Å². The largest absolute Gasteiger partial charge is 0.459 e. The van der Waals surface area contributed by atoms with E-state index >= 15 is 0 Å². The van der Waals surface area contributed by atoms with E-state index in [1.165, 1.54) is 12.5 Å². The van der Waals surface area contributed by atoms with Crippen LogP contribution >= 0.6 is 0 Å². The number of amides is 2. The lowest BCUT2D eigenvalue weighted by molar-refractivity contribution is 0.0910. The first-order valence-electron chi connectivity index (χ1n) is 7.42. The molecule has 124 valence electrons.